The Labute approximate surface area is 111 Å². The van der Waals surface area contributed by atoms with Gasteiger partial charge in [0.1, 0.15) is 5.52 Å². The monoisotopic (exact) mass is 253 g/mol. The minimum absolute atomic E-state index is 0.669. The molecule has 3 heterocycles. The second-order valence-corrected chi connectivity index (χ2v) is 4.25. The summed E-state index contributed by atoms with van der Waals surface area (Å²) in [4.78, 5) is 8.77. The fourth-order valence-electron chi connectivity index (χ4n) is 2.11. The number of hydrogen-bond acceptors (Lipinski definition) is 4. The van der Waals surface area contributed by atoms with Crippen molar-refractivity contribution >= 4 is 11.3 Å². The molecule has 0 aliphatic rings. The summed E-state index contributed by atoms with van der Waals surface area (Å²) in [5.41, 5.74) is 3.29. The van der Waals surface area contributed by atoms with Gasteiger partial charge in [-0.1, -0.05) is 13.0 Å². The molecule has 0 amide bonds. The van der Waals surface area contributed by atoms with Gasteiger partial charge in [0.2, 0.25) is 0 Å². The van der Waals surface area contributed by atoms with Gasteiger partial charge in [0.25, 0.3) is 0 Å². The lowest BCUT2D eigenvalue weighted by Gasteiger charge is -2.09. The summed E-state index contributed by atoms with van der Waals surface area (Å²) < 4.78 is 1.80. The highest BCUT2D eigenvalue weighted by molar-refractivity contribution is 5.66. The Bertz CT molecular complexity index is 689. The molecule has 3 rings (SSSR count). The third kappa shape index (κ3) is 2.27. The van der Waals surface area contributed by atoms with Gasteiger partial charge < -0.3 is 5.32 Å². The largest absolute Gasteiger partial charge is 0.363 e. The smallest absolute Gasteiger partial charge is 0.152 e. The van der Waals surface area contributed by atoms with Crippen LogP contribution >= 0.6 is 0 Å². The lowest BCUT2D eigenvalue weighted by molar-refractivity contribution is 0.931. The number of rotatable bonds is 4. The molecule has 0 atom stereocenters. The summed E-state index contributed by atoms with van der Waals surface area (Å²) in [6.07, 6.45) is 8.14. The van der Waals surface area contributed by atoms with Crippen LogP contribution in [0.1, 0.15) is 18.2 Å². The Hall–Kier alpha value is -2.43. The van der Waals surface area contributed by atoms with Gasteiger partial charge in [0, 0.05) is 18.6 Å². The highest BCUT2D eigenvalue weighted by atomic mass is 15.2. The Balaban J connectivity index is 1.84. The zero-order valence-corrected chi connectivity index (χ0v) is 10.7. The van der Waals surface area contributed by atoms with Crippen LogP contribution in [-0.2, 0) is 13.0 Å². The van der Waals surface area contributed by atoms with Crippen LogP contribution in [0.15, 0.2) is 43.0 Å². The van der Waals surface area contributed by atoms with Crippen LogP contribution in [0.2, 0.25) is 0 Å². The average Bonchev–Trinajstić information content (AvgIpc) is 2.94. The van der Waals surface area contributed by atoms with Crippen LogP contribution in [0.3, 0.4) is 0 Å². The quantitative estimate of drug-likeness (QED) is 0.775. The molecule has 0 radical (unpaired) electrons. The fourth-order valence-corrected chi connectivity index (χ4v) is 2.11. The normalized spacial score (nSPS) is 10.8. The van der Waals surface area contributed by atoms with E-state index in [1.165, 1.54) is 5.56 Å². The van der Waals surface area contributed by atoms with Gasteiger partial charge >= 0.3 is 0 Å². The Morgan fingerprint density at radius 2 is 2.11 bits per heavy atom. The molecule has 0 aromatic carbocycles. The highest BCUT2D eigenvalue weighted by Gasteiger charge is 2.05. The third-order valence-electron chi connectivity index (χ3n) is 3.11. The Morgan fingerprint density at radius 1 is 1.16 bits per heavy atom. The Kier molecular flexibility index (Phi) is 3.10. The van der Waals surface area contributed by atoms with Crippen molar-refractivity contribution in [3.05, 3.63) is 54.2 Å². The summed E-state index contributed by atoms with van der Waals surface area (Å²) in [5, 5.41) is 7.52. The van der Waals surface area contributed by atoms with E-state index in [0.29, 0.717) is 6.54 Å². The number of aromatic nitrogens is 4. The first kappa shape index (κ1) is 11.6. The standard InChI is InChI=1S/C14H15N5/c1-2-11-4-3-6-15-12(11)10-17-14-13-5-7-18-19(13)9-8-16-14/h3-9H,2,10H2,1H3,(H,16,17). The van der Waals surface area contributed by atoms with Crippen LogP contribution < -0.4 is 5.32 Å². The second kappa shape index (κ2) is 5.06. The molecule has 1 N–H and O–H groups in total. The number of aryl methyl sites for hydroxylation is 1. The van der Waals surface area contributed by atoms with Crippen molar-refractivity contribution in [3.8, 4) is 0 Å². The number of nitrogens with one attached hydrogen (secondary N) is 1. The van der Waals surface area contributed by atoms with Gasteiger partial charge in [-0.05, 0) is 24.1 Å². The predicted molar refractivity (Wildman–Crippen MR) is 73.9 cm³/mol. The van der Waals surface area contributed by atoms with Crippen LogP contribution in [0.25, 0.3) is 5.52 Å². The van der Waals surface area contributed by atoms with E-state index in [1.807, 2.05) is 24.5 Å². The minimum atomic E-state index is 0.669. The Morgan fingerprint density at radius 3 is 3.00 bits per heavy atom. The summed E-state index contributed by atoms with van der Waals surface area (Å²) in [6, 6.07) is 6.02. The molecule has 0 bridgehead atoms. The van der Waals surface area contributed by atoms with E-state index in [1.54, 1.807) is 16.9 Å². The zero-order valence-electron chi connectivity index (χ0n) is 10.7. The lowest BCUT2D eigenvalue weighted by Crippen LogP contribution is -2.07. The molecule has 96 valence electrons. The van der Waals surface area contributed by atoms with E-state index in [2.05, 4.69) is 33.4 Å². The number of pyridine rings is 1. The molecule has 19 heavy (non-hydrogen) atoms. The van der Waals surface area contributed by atoms with Crippen molar-refractivity contribution in [2.24, 2.45) is 0 Å². The van der Waals surface area contributed by atoms with E-state index in [4.69, 9.17) is 0 Å². The predicted octanol–water partition coefficient (Wildman–Crippen LogP) is 2.30. The van der Waals surface area contributed by atoms with Gasteiger partial charge in [-0.3, -0.25) is 4.98 Å². The molecule has 0 fully saturated rings. The summed E-state index contributed by atoms with van der Waals surface area (Å²) in [5.74, 6) is 0.827. The molecule has 0 spiro atoms. The first-order valence-corrected chi connectivity index (χ1v) is 6.33. The molecule has 0 saturated heterocycles. The highest BCUT2D eigenvalue weighted by Crippen LogP contribution is 2.14. The number of nitrogens with zero attached hydrogens (tertiary/aromatic N) is 4. The minimum Gasteiger partial charge on any atom is -0.363 e. The van der Waals surface area contributed by atoms with Gasteiger partial charge in [-0.15, -0.1) is 0 Å². The number of anilines is 1. The fraction of sp³-hybridized carbons (Fsp3) is 0.214. The van der Waals surface area contributed by atoms with E-state index in [-0.39, 0.29) is 0 Å². The maximum Gasteiger partial charge on any atom is 0.152 e. The van der Waals surface area contributed by atoms with Crippen molar-refractivity contribution in [1.82, 2.24) is 19.6 Å². The topological polar surface area (TPSA) is 55.1 Å². The van der Waals surface area contributed by atoms with Crippen LogP contribution in [0.4, 0.5) is 5.82 Å². The first-order chi connectivity index (χ1) is 9.38. The van der Waals surface area contributed by atoms with Crippen molar-refractivity contribution in [3.63, 3.8) is 0 Å². The van der Waals surface area contributed by atoms with Crippen molar-refractivity contribution in [2.75, 3.05) is 5.32 Å². The SMILES string of the molecule is CCc1cccnc1CNc1nccn2nccc12. The molecule has 5 heteroatoms. The second-order valence-electron chi connectivity index (χ2n) is 4.25. The lowest BCUT2D eigenvalue weighted by atomic mass is 10.1. The molecule has 0 aliphatic carbocycles. The average molecular weight is 253 g/mol. The van der Waals surface area contributed by atoms with Crippen LogP contribution in [0, 0.1) is 0 Å². The molecular weight excluding hydrogens is 238 g/mol. The summed E-state index contributed by atoms with van der Waals surface area (Å²) in [7, 11) is 0. The molecule has 3 aromatic heterocycles. The van der Waals surface area contributed by atoms with Crippen LogP contribution in [-0.4, -0.2) is 19.6 Å². The maximum absolute atomic E-state index is 4.42. The molecule has 0 aliphatic heterocycles. The van der Waals surface area contributed by atoms with Gasteiger partial charge in [-0.2, -0.15) is 5.10 Å². The number of hydrogen-bond donors (Lipinski definition) is 1. The van der Waals surface area contributed by atoms with E-state index in [0.717, 1.165) is 23.4 Å². The van der Waals surface area contributed by atoms with Crippen molar-refractivity contribution in [1.29, 1.82) is 0 Å². The zero-order chi connectivity index (χ0) is 13.1. The van der Waals surface area contributed by atoms with E-state index >= 15 is 0 Å². The summed E-state index contributed by atoms with van der Waals surface area (Å²) in [6.45, 7) is 2.80. The van der Waals surface area contributed by atoms with E-state index < -0.39 is 0 Å². The third-order valence-corrected chi connectivity index (χ3v) is 3.11. The van der Waals surface area contributed by atoms with Crippen molar-refractivity contribution in [2.45, 2.75) is 19.9 Å². The van der Waals surface area contributed by atoms with E-state index in [9.17, 15) is 0 Å². The molecule has 5 nitrogen and oxygen atoms in total. The summed E-state index contributed by atoms with van der Waals surface area (Å²) >= 11 is 0. The molecule has 3 aromatic rings. The van der Waals surface area contributed by atoms with Gasteiger partial charge in [0.15, 0.2) is 5.82 Å². The van der Waals surface area contributed by atoms with Crippen molar-refractivity contribution < 1.29 is 0 Å². The van der Waals surface area contributed by atoms with Gasteiger partial charge in [-0.25, -0.2) is 9.50 Å². The molecule has 0 unspecified atom stereocenters. The number of fused-ring (bicyclic) bond motifs is 1. The molecule has 0 saturated carbocycles. The first-order valence-electron chi connectivity index (χ1n) is 6.33. The van der Waals surface area contributed by atoms with Gasteiger partial charge in [0.05, 0.1) is 18.4 Å². The van der Waals surface area contributed by atoms with Crippen LogP contribution in [0.5, 0.6) is 0 Å². The maximum atomic E-state index is 4.42. The molecular formula is C14H15N5.